The lowest BCUT2D eigenvalue weighted by Gasteiger charge is -2.46. The first-order valence-electron chi connectivity index (χ1n) is 17.5. The van der Waals surface area contributed by atoms with Crippen LogP contribution >= 0.6 is 0 Å². The second-order valence-electron chi connectivity index (χ2n) is 14.9. The third kappa shape index (κ3) is 8.96. The summed E-state index contributed by atoms with van der Waals surface area (Å²) in [6.07, 6.45) is 6.40. The Morgan fingerprint density at radius 2 is 1.71 bits per heavy atom. The van der Waals surface area contributed by atoms with Gasteiger partial charge in [-0.25, -0.2) is 8.42 Å². The van der Waals surface area contributed by atoms with E-state index in [2.05, 4.69) is 10.8 Å². The van der Waals surface area contributed by atoms with Crippen LogP contribution in [0.2, 0.25) is 0 Å². The molecule has 6 rings (SSSR count). The summed E-state index contributed by atoms with van der Waals surface area (Å²) in [5.74, 6) is -0.607. The molecular formula is C38H50F3NO6S. The van der Waals surface area contributed by atoms with Gasteiger partial charge < -0.3 is 14.9 Å². The second-order valence-corrected chi connectivity index (χ2v) is 16.9. The molecular weight excluding hydrogens is 655 g/mol. The number of aliphatic hydroxyl groups is 2. The van der Waals surface area contributed by atoms with Crippen molar-refractivity contribution in [3.05, 3.63) is 76.4 Å². The van der Waals surface area contributed by atoms with Crippen molar-refractivity contribution >= 4 is 15.8 Å². The van der Waals surface area contributed by atoms with Crippen LogP contribution in [-0.4, -0.2) is 59.6 Å². The highest BCUT2D eigenvalue weighted by molar-refractivity contribution is 7.88. The summed E-state index contributed by atoms with van der Waals surface area (Å²) in [7, 11) is -3.87. The highest BCUT2D eigenvalue weighted by Gasteiger charge is 2.58. The summed E-state index contributed by atoms with van der Waals surface area (Å²) >= 11 is 0. The number of ether oxygens (including phenoxy) is 1. The fourth-order valence-electron chi connectivity index (χ4n) is 8.38. The van der Waals surface area contributed by atoms with Crippen LogP contribution < -0.4 is 4.74 Å². The minimum absolute atomic E-state index is 0.0719. The van der Waals surface area contributed by atoms with Gasteiger partial charge in [0.25, 0.3) is 0 Å². The maximum atomic E-state index is 14.2. The van der Waals surface area contributed by atoms with Crippen LogP contribution in [0, 0.1) is 11.3 Å². The van der Waals surface area contributed by atoms with Crippen LogP contribution in [0.1, 0.15) is 117 Å². The van der Waals surface area contributed by atoms with Gasteiger partial charge in [-0.15, -0.1) is 13.2 Å². The molecule has 0 heterocycles. The summed E-state index contributed by atoms with van der Waals surface area (Å²) in [5, 5.41) is 23.5. The van der Waals surface area contributed by atoms with Gasteiger partial charge >= 0.3 is 6.36 Å². The average molecular weight is 706 g/mol. The van der Waals surface area contributed by atoms with E-state index in [-0.39, 0.29) is 30.7 Å². The monoisotopic (exact) mass is 705 g/mol. The fourth-order valence-corrected chi connectivity index (χ4v) is 9.21. The molecule has 0 aromatic heterocycles. The highest BCUT2D eigenvalue weighted by atomic mass is 32.2. The molecule has 4 unspecified atom stereocenters. The Labute approximate surface area is 288 Å². The number of hydrogen-bond acceptors (Lipinski definition) is 6. The minimum atomic E-state index is -4.85. The number of aliphatic hydroxyl groups excluding tert-OH is 1. The molecule has 7 nitrogen and oxygen atoms in total. The lowest BCUT2D eigenvalue weighted by atomic mass is 9.64. The number of carbonyl (C=O) groups excluding carboxylic acids is 1. The van der Waals surface area contributed by atoms with Crippen LogP contribution in [0.15, 0.2) is 54.1 Å². The van der Waals surface area contributed by atoms with Crippen molar-refractivity contribution in [2.75, 3.05) is 12.8 Å². The molecule has 2 aromatic carbocycles. The predicted octanol–water partition coefficient (Wildman–Crippen LogP) is 7.85. The van der Waals surface area contributed by atoms with E-state index < -0.39 is 39.3 Å². The number of Topliss-reactive ketones (excluding diaryl/α,β-unsaturated/α-hetero) is 1. The first kappa shape index (κ1) is 37.5. The number of halogens is 3. The summed E-state index contributed by atoms with van der Waals surface area (Å²) < 4.78 is 69.7. The molecule has 2 bridgehead atoms. The minimum Gasteiger partial charge on any atom is -0.406 e. The molecule has 0 saturated heterocycles. The van der Waals surface area contributed by atoms with Gasteiger partial charge in [0.05, 0.1) is 18.0 Å². The molecule has 2 N–H and O–H groups in total. The molecule has 4 aliphatic carbocycles. The van der Waals surface area contributed by atoms with Gasteiger partial charge in [-0.05, 0) is 106 Å². The average Bonchev–Trinajstić information content (AvgIpc) is 3.28. The Morgan fingerprint density at radius 1 is 1.02 bits per heavy atom. The first-order valence-corrected chi connectivity index (χ1v) is 19.4. The van der Waals surface area contributed by atoms with E-state index in [1.165, 1.54) is 16.4 Å². The van der Waals surface area contributed by atoms with Crippen molar-refractivity contribution < 1.29 is 41.3 Å². The van der Waals surface area contributed by atoms with Crippen LogP contribution in [0.4, 0.5) is 13.2 Å². The summed E-state index contributed by atoms with van der Waals surface area (Å²) in [5.41, 5.74) is 1.71. The molecule has 0 radical (unpaired) electrons. The number of carbonyl (C=O) groups is 1. The van der Waals surface area contributed by atoms with E-state index in [4.69, 9.17) is 0 Å². The number of sulfonamides is 1. The van der Waals surface area contributed by atoms with Crippen molar-refractivity contribution in [3.63, 3.8) is 0 Å². The first-order chi connectivity index (χ1) is 23.0. The number of nitrogens with zero attached hydrogens (tertiary/aromatic N) is 1. The van der Waals surface area contributed by atoms with Crippen molar-refractivity contribution in [1.29, 1.82) is 0 Å². The highest BCUT2D eigenvalue weighted by Crippen LogP contribution is 2.59. The Bertz CT molecular complexity index is 1620. The Morgan fingerprint density at radius 3 is 2.37 bits per heavy atom. The lowest BCUT2D eigenvalue weighted by molar-refractivity contribution is -0.274. The van der Waals surface area contributed by atoms with Crippen LogP contribution in [0.3, 0.4) is 0 Å². The van der Waals surface area contributed by atoms with Gasteiger partial charge in [0, 0.05) is 30.0 Å². The third-order valence-corrected chi connectivity index (χ3v) is 12.5. The molecule has 2 aromatic rings. The normalized spacial score (nSPS) is 27.4. The number of ketones is 1. The molecule has 0 aliphatic heterocycles. The smallest absolute Gasteiger partial charge is 0.406 e. The van der Waals surface area contributed by atoms with E-state index in [1.807, 2.05) is 32.0 Å². The van der Waals surface area contributed by atoms with E-state index in [0.29, 0.717) is 56.1 Å². The van der Waals surface area contributed by atoms with Crippen molar-refractivity contribution in [1.82, 2.24) is 4.31 Å². The summed E-state index contributed by atoms with van der Waals surface area (Å²) in [6.45, 7) is 3.69. The number of fused-ring (bicyclic) bond motifs is 8. The number of hydrogen-bond donors (Lipinski definition) is 2. The van der Waals surface area contributed by atoms with Gasteiger partial charge in [-0.1, -0.05) is 62.1 Å². The molecule has 2 fully saturated rings. The quantitative estimate of drug-likeness (QED) is 0.214. The molecule has 49 heavy (non-hydrogen) atoms. The van der Waals surface area contributed by atoms with Gasteiger partial charge in [0.15, 0.2) is 5.78 Å². The number of alkyl halides is 3. The van der Waals surface area contributed by atoms with E-state index in [1.54, 1.807) is 0 Å². The molecule has 4 atom stereocenters. The molecule has 11 heteroatoms. The molecule has 0 amide bonds. The molecule has 4 aliphatic rings. The number of benzene rings is 2. The Kier molecular flexibility index (Phi) is 11.4. The van der Waals surface area contributed by atoms with Crippen molar-refractivity contribution in [2.45, 2.75) is 121 Å². The predicted molar refractivity (Wildman–Crippen MR) is 183 cm³/mol. The van der Waals surface area contributed by atoms with Crippen LogP contribution in [0.25, 0.3) is 0 Å². The largest absolute Gasteiger partial charge is 0.573 e. The van der Waals surface area contributed by atoms with Crippen LogP contribution in [0.5, 0.6) is 5.75 Å². The summed E-state index contributed by atoms with van der Waals surface area (Å²) in [4.78, 5) is 14.2. The molecule has 0 spiro atoms. The lowest BCUT2D eigenvalue weighted by Crippen LogP contribution is -2.53. The number of allylic oxidation sites excluding steroid dienone is 2. The standard InChI is InChI=1S/C38H50F3NO6S/c1-26-8-7-20-36(2)34(32-18-14-28(22-30(43)15-11-26)23-33(32)35(44)29-9-5-4-6-10-29)19-21-37(36,45)25-42(49(3,46)47)24-27-12-16-31(17-13-27)48-38(39,40)41/h8,12-14,16-18,23,29-30,34,43,45H,4-7,9-11,15,19-22,24-25H2,1-3H3. The summed E-state index contributed by atoms with van der Waals surface area (Å²) in [6, 6.07) is 11.0. The molecule has 2 saturated carbocycles. The number of rotatable bonds is 8. The molecule has 270 valence electrons. The SMILES string of the molecule is CC1=CCCC2(C)C(CCC2(O)CN(Cc2ccc(OC(F)(F)F)cc2)S(C)(=O)=O)c2ccc(cc2C(=O)C2CCCCC2)CC(O)CC1. The maximum Gasteiger partial charge on any atom is 0.573 e. The Hall–Kier alpha value is -2.73. The topological polar surface area (TPSA) is 104 Å². The van der Waals surface area contributed by atoms with Crippen LogP contribution in [-0.2, 0) is 23.0 Å². The van der Waals surface area contributed by atoms with Crippen molar-refractivity contribution in [3.8, 4) is 5.75 Å². The Balaban J connectivity index is 1.52. The third-order valence-electron chi connectivity index (χ3n) is 11.3. The maximum absolute atomic E-state index is 14.2. The van der Waals surface area contributed by atoms with E-state index >= 15 is 0 Å². The van der Waals surface area contributed by atoms with Gasteiger partial charge in [-0.3, -0.25) is 4.79 Å². The van der Waals surface area contributed by atoms with Gasteiger partial charge in [0.2, 0.25) is 10.0 Å². The second kappa shape index (κ2) is 14.9. The zero-order valence-electron chi connectivity index (χ0n) is 28.8. The van der Waals surface area contributed by atoms with Gasteiger partial charge in [0.1, 0.15) is 5.75 Å². The van der Waals surface area contributed by atoms with Crippen molar-refractivity contribution in [2.24, 2.45) is 11.3 Å². The van der Waals surface area contributed by atoms with E-state index in [9.17, 15) is 36.6 Å². The van der Waals surface area contributed by atoms with Gasteiger partial charge in [-0.2, -0.15) is 4.31 Å². The fraction of sp³-hybridized carbons (Fsp3) is 0.605. The zero-order valence-corrected chi connectivity index (χ0v) is 29.6. The van der Waals surface area contributed by atoms with E-state index in [0.717, 1.165) is 67.2 Å². The zero-order chi connectivity index (χ0) is 35.6.